The number of hydrogen-bond donors (Lipinski definition) is 2. The van der Waals surface area contributed by atoms with Crippen LogP contribution >= 0.6 is 0 Å². The van der Waals surface area contributed by atoms with Crippen LogP contribution in [0.5, 0.6) is 0 Å². The molecule has 0 radical (unpaired) electrons. The lowest BCUT2D eigenvalue weighted by Crippen LogP contribution is -2.58. The van der Waals surface area contributed by atoms with Crippen LogP contribution in [0, 0.1) is 0 Å². The van der Waals surface area contributed by atoms with Crippen molar-refractivity contribution in [1.29, 1.82) is 0 Å². The lowest BCUT2D eigenvalue weighted by atomic mass is 9.99. The normalized spacial score (nSPS) is 30.6. The molecule has 1 aliphatic rings. The zero-order valence-corrected chi connectivity index (χ0v) is 15.8. The molecule has 0 spiro atoms. The average molecular weight is 347 g/mol. The standard InChI is InChI=1S/C19H38O5/c1-4-5-6-7-8-9-10-11-12-13-14-23-18-16(20)15(2)24-19(22-3)17(18)21/h15-21H,4-14H2,1-3H3/t15?,16-,17?,18-,19+/m0/s1. The van der Waals surface area contributed by atoms with E-state index in [4.69, 9.17) is 14.2 Å². The highest BCUT2D eigenvalue weighted by atomic mass is 16.7. The van der Waals surface area contributed by atoms with Gasteiger partial charge in [-0.25, -0.2) is 0 Å². The third-order valence-electron chi connectivity index (χ3n) is 4.82. The van der Waals surface area contributed by atoms with Crippen molar-refractivity contribution < 1.29 is 24.4 Å². The minimum Gasteiger partial charge on any atom is -0.388 e. The third-order valence-corrected chi connectivity index (χ3v) is 4.82. The molecule has 0 amide bonds. The lowest BCUT2D eigenvalue weighted by molar-refractivity contribution is -0.293. The Morgan fingerprint density at radius 3 is 1.92 bits per heavy atom. The Balaban J connectivity index is 2.05. The maximum atomic E-state index is 10.1. The molecule has 1 aliphatic heterocycles. The first kappa shape index (κ1) is 21.8. The number of aliphatic hydroxyl groups is 2. The third kappa shape index (κ3) is 7.79. The molecule has 24 heavy (non-hydrogen) atoms. The van der Waals surface area contributed by atoms with Gasteiger partial charge < -0.3 is 24.4 Å². The second-order valence-corrected chi connectivity index (χ2v) is 6.94. The molecule has 2 unspecified atom stereocenters. The molecule has 144 valence electrons. The van der Waals surface area contributed by atoms with Crippen LogP contribution in [-0.2, 0) is 14.2 Å². The molecule has 5 heteroatoms. The number of hydrogen-bond acceptors (Lipinski definition) is 5. The molecule has 2 N–H and O–H groups in total. The van der Waals surface area contributed by atoms with Gasteiger partial charge in [-0.3, -0.25) is 0 Å². The summed E-state index contributed by atoms with van der Waals surface area (Å²) in [4.78, 5) is 0. The van der Waals surface area contributed by atoms with Gasteiger partial charge in [-0.15, -0.1) is 0 Å². The topological polar surface area (TPSA) is 68.2 Å². The Bertz CT molecular complexity index is 299. The number of rotatable bonds is 13. The minimum atomic E-state index is -0.954. The van der Waals surface area contributed by atoms with Crippen molar-refractivity contribution in [3.63, 3.8) is 0 Å². The molecule has 1 rings (SSSR count). The van der Waals surface area contributed by atoms with Crippen LogP contribution in [0.25, 0.3) is 0 Å². The van der Waals surface area contributed by atoms with Gasteiger partial charge in [0.1, 0.15) is 18.3 Å². The number of ether oxygens (including phenoxy) is 3. The van der Waals surface area contributed by atoms with Crippen LogP contribution in [0.1, 0.15) is 78.1 Å². The highest BCUT2D eigenvalue weighted by Gasteiger charge is 2.43. The van der Waals surface area contributed by atoms with Gasteiger partial charge in [0.25, 0.3) is 0 Å². The van der Waals surface area contributed by atoms with Crippen molar-refractivity contribution in [2.24, 2.45) is 0 Å². The van der Waals surface area contributed by atoms with E-state index >= 15 is 0 Å². The van der Waals surface area contributed by atoms with E-state index in [1.807, 2.05) is 0 Å². The van der Waals surface area contributed by atoms with Gasteiger partial charge in [0, 0.05) is 13.7 Å². The van der Waals surface area contributed by atoms with Crippen molar-refractivity contribution >= 4 is 0 Å². The predicted molar refractivity (Wildman–Crippen MR) is 94.9 cm³/mol. The molecule has 1 heterocycles. The largest absolute Gasteiger partial charge is 0.388 e. The van der Waals surface area contributed by atoms with Crippen LogP contribution in [0.15, 0.2) is 0 Å². The summed E-state index contributed by atoms with van der Waals surface area (Å²) in [5, 5.41) is 20.3. The molecule has 1 fully saturated rings. The van der Waals surface area contributed by atoms with Crippen LogP contribution in [0.4, 0.5) is 0 Å². The summed E-state index contributed by atoms with van der Waals surface area (Å²) in [6.07, 6.45) is 9.15. The van der Waals surface area contributed by atoms with E-state index < -0.39 is 30.7 Å². The monoisotopic (exact) mass is 346 g/mol. The molecule has 5 atom stereocenters. The van der Waals surface area contributed by atoms with Crippen molar-refractivity contribution in [3.8, 4) is 0 Å². The fraction of sp³-hybridized carbons (Fsp3) is 1.00. The van der Waals surface area contributed by atoms with Crippen molar-refractivity contribution in [2.45, 2.75) is 109 Å². The molecule has 5 nitrogen and oxygen atoms in total. The molecule has 0 aliphatic carbocycles. The van der Waals surface area contributed by atoms with E-state index in [9.17, 15) is 10.2 Å². The summed E-state index contributed by atoms with van der Waals surface area (Å²) < 4.78 is 16.2. The predicted octanol–water partition coefficient (Wildman–Crippen LogP) is 3.41. The first-order chi connectivity index (χ1) is 11.6. The quantitative estimate of drug-likeness (QED) is 0.500. The van der Waals surface area contributed by atoms with Gasteiger partial charge in [0.15, 0.2) is 6.29 Å². The summed E-state index contributed by atoms with van der Waals surface area (Å²) in [5.74, 6) is 0. The average Bonchev–Trinajstić information content (AvgIpc) is 2.58. The van der Waals surface area contributed by atoms with Crippen molar-refractivity contribution in [2.75, 3.05) is 13.7 Å². The Morgan fingerprint density at radius 1 is 0.833 bits per heavy atom. The molecule has 0 aromatic rings. The van der Waals surface area contributed by atoms with E-state index in [0.717, 1.165) is 12.8 Å². The molecular weight excluding hydrogens is 308 g/mol. The Hall–Kier alpha value is -0.200. The zero-order valence-electron chi connectivity index (χ0n) is 15.8. The van der Waals surface area contributed by atoms with Gasteiger partial charge in [-0.2, -0.15) is 0 Å². The fourth-order valence-electron chi connectivity index (χ4n) is 3.20. The first-order valence-corrected chi connectivity index (χ1v) is 9.77. The Morgan fingerprint density at radius 2 is 1.38 bits per heavy atom. The van der Waals surface area contributed by atoms with Gasteiger partial charge in [0.2, 0.25) is 0 Å². The summed E-state index contributed by atoms with van der Waals surface area (Å²) in [6, 6.07) is 0. The SMILES string of the molecule is CCCCCCCCCCCCO[C@@H]1C(O)[C@H](OC)OC(C)[C@@H]1O. The number of methoxy groups -OCH3 is 1. The summed E-state index contributed by atoms with van der Waals surface area (Å²) in [5.41, 5.74) is 0. The van der Waals surface area contributed by atoms with Crippen LogP contribution in [-0.4, -0.2) is 54.6 Å². The molecule has 0 aromatic carbocycles. The van der Waals surface area contributed by atoms with Gasteiger partial charge in [0.05, 0.1) is 6.10 Å². The summed E-state index contributed by atoms with van der Waals surface area (Å²) >= 11 is 0. The molecule has 0 bridgehead atoms. The van der Waals surface area contributed by atoms with E-state index in [1.54, 1.807) is 6.92 Å². The van der Waals surface area contributed by atoms with E-state index in [1.165, 1.54) is 58.5 Å². The van der Waals surface area contributed by atoms with Crippen molar-refractivity contribution in [1.82, 2.24) is 0 Å². The van der Waals surface area contributed by atoms with Crippen LogP contribution in [0.3, 0.4) is 0 Å². The maximum Gasteiger partial charge on any atom is 0.186 e. The molecule has 1 saturated heterocycles. The Kier molecular flexibility index (Phi) is 11.9. The number of unbranched alkanes of at least 4 members (excludes halogenated alkanes) is 9. The summed E-state index contributed by atoms with van der Waals surface area (Å²) in [7, 11) is 1.48. The van der Waals surface area contributed by atoms with Crippen LogP contribution < -0.4 is 0 Å². The minimum absolute atomic E-state index is 0.406. The lowest BCUT2D eigenvalue weighted by Gasteiger charge is -2.40. The van der Waals surface area contributed by atoms with E-state index in [-0.39, 0.29) is 0 Å². The highest BCUT2D eigenvalue weighted by Crippen LogP contribution is 2.24. The Labute approximate surface area is 147 Å². The van der Waals surface area contributed by atoms with Gasteiger partial charge in [-0.05, 0) is 13.3 Å². The molecular formula is C19H38O5. The van der Waals surface area contributed by atoms with E-state index in [2.05, 4.69) is 6.92 Å². The first-order valence-electron chi connectivity index (χ1n) is 9.77. The van der Waals surface area contributed by atoms with Crippen molar-refractivity contribution in [3.05, 3.63) is 0 Å². The summed E-state index contributed by atoms with van der Waals surface area (Å²) in [6.45, 7) is 4.56. The second kappa shape index (κ2) is 13.1. The molecule has 0 aromatic heterocycles. The maximum absolute atomic E-state index is 10.1. The zero-order chi connectivity index (χ0) is 17.8. The number of aliphatic hydroxyl groups excluding tert-OH is 2. The van der Waals surface area contributed by atoms with Gasteiger partial charge in [-0.1, -0.05) is 64.7 Å². The van der Waals surface area contributed by atoms with Crippen LogP contribution in [0.2, 0.25) is 0 Å². The molecule has 0 saturated carbocycles. The second-order valence-electron chi connectivity index (χ2n) is 6.94. The fourth-order valence-corrected chi connectivity index (χ4v) is 3.20. The van der Waals surface area contributed by atoms with Gasteiger partial charge >= 0.3 is 0 Å². The smallest absolute Gasteiger partial charge is 0.186 e. The van der Waals surface area contributed by atoms with E-state index in [0.29, 0.717) is 6.61 Å². The highest BCUT2D eigenvalue weighted by molar-refractivity contribution is 4.88.